The van der Waals surface area contributed by atoms with Gasteiger partial charge in [0.25, 0.3) is 9.05 Å². The lowest BCUT2D eigenvalue weighted by atomic mass is 10.2. The summed E-state index contributed by atoms with van der Waals surface area (Å²) in [6.07, 6.45) is 0. The lowest BCUT2D eigenvalue weighted by Gasteiger charge is -2.10. The Morgan fingerprint density at radius 2 is 1.83 bits per heavy atom. The van der Waals surface area contributed by atoms with Crippen molar-refractivity contribution in [1.29, 1.82) is 0 Å². The van der Waals surface area contributed by atoms with Crippen LogP contribution in [0.25, 0.3) is 0 Å². The average molecular weight is 352 g/mol. The fraction of sp³-hybridized carbons (Fsp3) is 0.222. The highest BCUT2D eigenvalue weighted by Gasteiger charge is 2.26. The number of halogens is 4. The molecule has 0 aliphatic heterocycles. The molecule has 0 saturated heterocycles. The number of carbonyl (C=O) groups is 1. The molecule has 1 rings (SSSR count). The number of hydrogen-bond acceptors (Lipinski definition) is 4. The van der Waals surface area contributed by atoms with Gasteiger partial charge in [-0.25, -0.2) is 13.2 Å². The van der Waals surface area contributed by atoms with Crippen LogP contribution in [0.15, 0.2) is 11.0 Å². The number of benzene rings is 1. The van der Waals surface area contributed by atoms with Crippen molar-refractivity contribution in [2.45, 2.75) is 11.8 Å². The Morgan fingerprint density at radius 3 is 2.28 bits per heavy atom. The van der Waals surface area contributed by atoms with Crippen molar-refractivity contribution >= 4 is 60.5 Å². The van der Waals surface area contributed by atoms with Crippen molar-refractivity contribution in [3.8, 4) is 0 Å². The molecule has 0 aliphatic rings. The zero-order chi connectivity index (χ0) is 14.1. The maximum atomic E-state index is 11.6. The van der Waals surface area contributed by atoms with Crippen molar-refractivity contribution in [1.82, 2.24) is 0 Å². The molecule has 9 heteroatoms. The van der Waals surface area contributed by atoms with E-state index in [4.69, 9.17) is 50.2 Å². The van der Waals surface area contributed by atoms with Gasteiger partial charge in [0.15, 0.2) is 0 Å². The Hall–Kier alpha value is -0.200. The van der Waals surface area contributed by atoms with Crippen molar-refractivity contribution < 1.29 is 17.9 Å². The van der Waals surface area contributed by atoms with Crippen LogP contribution in [0, 0.1) is 0 Å². The van der Waals surface area contributed by atoms with E-state index in [0.29, 0.717) is 0 Å². The van der Waals surface area contributed by atoms with Gasteiger partial charge >= 0.3 is 5.97 Å². The second kappa shape index (κ2) is 5.84. The summed E-state index contributed by atoms with van der Waals surface area (Å²) in [5, 5.41) is -0.773. The first-order valence-corrected chi connectivity index (χ1v) is 7.93. The molecule has 0 aliphatic carbocycles. The topological polar surface area (TPSA) is 60.4 Å². The van der Waals surface area contributed by atoms with Crippen molar-refractivity contribution in [3.05, 3.63) is 26.7 Å². The van der Waals surface area contributed by atoms with Gasteiger partial charge in [0.05, 0.1) is 27.2 Å². The molecule has 0 heterocycles. The fourth-order valence-corrected chi connectivity index (χ4v) is 3.27. The zero-order valence-corrected chi connectivity index (χ0v) is 12.7. The number of carbonyl (C=O) groups excluding carboxylic acids is 1. The van der Waals surface area contributed by atoms with Gasteiger partial charge in [0.2, 0.25) is 0 Å². The first-order chi connectivity index (χ1) is 8.20. The van der Waals surface area contributed by atoms with Crippen LogP contribution >= 0.6 is 45.5 Å². The predicted octanol–water partition coefficient (Wildman–Crippen LogP) is 3.75. The van der Waals surface area contributed by atoms with E-state index in [-0.39, 0.29) is 22.2 Å². The first kappa shape index (κ1) is 15.9. The maximum Gasteiger partial charge on any atom is 0.341 e. The zero-order valence-electron chi connectivity index (χ0n) is 8.84. The summed E-state index contributed by atoms with van der Waals surface area (Å²) < 4.78 is 27.3. The van der Waals surface area contributed by atoms with Crippen LogP contribution < -0.4 is 0 Å². The average Bonchev–Trinajstić information content (AvgIpc) is 2.22. The molecule has 0 saturated carbocycles. The van der Waals surface area contributed by atoms with Gasteiger partial charge in [-0.3, -0.25) is 0 Å². The van der Waals surface area contributed by atoms with Crippen LogP contribution in [0.1, 0.15) is 17.3 Å². The van der Waals surface area contributed by atoms with Gasteiger partial charge in [0, 0.05) is 10.7 Å². The molecule has 0 N–H and O–H groups in total. The van der Waals surface area contributed by atoms with E-state index in [2.05, 4.69) is 0 Å². The third kappa shape index (κ3) is 3.22. The van der Waals surface area contributed by atoms with Crippen molar-refractivity contribution in [2.24, 2.45) is 0 Å². The van der Waals surface area contributed by atoms with Crippen LogP contribution in [0.2, 0.25) is 15.1 Å². The Balaban J connectivity index is 3.61. The largest absolute Gasteiger partial charge is 0.462 e. The molecule has 0 fully saturated rings. The molecule has 0 radical (unpaired) electrons. The van der Waals surface area contributed by atoms with E-state index in [0.717, 1.165) is 6.07 Å². The number of ether oxygens (including phenoxy) is 1. The van der Waals surface area contributed by atoms with Gasteiger partial charge in [-0.2, -0.15) is 0 Å². The summed E-state index contributed by atoms with van der Waals surface area (Å²) in [5.41, 5.74) is -0.327. The molecule has 0 spiro atoms. The molecular formula is C9H6Cl4O4S. The Morgan fingerprint density at radius 1 is 1.28 bits per heavy atom. The van der Waals surface area contributed by atoms with Crippen molar-refractivity contribution in [2.75, 3.05) is 6.61 Å². The molecule has 100 valence electrons. The van der Waals surface area contributed by atoms with Crippen LogP contribution in [-0.4, -0.2) is 21.0 Å². The van der Waals surface area contributed by atoms with E-state index in [1.54, 1.807) is 6.92 Å². The Labute approximate surface area is 123 Å². The van der Waals surface area contributed by atoms with Crippen LogP contribution in [0.3, 0.4) is 0 Å². The van der Waals surface area contributed by atoms with Crippen LogP contribution in [0.4, 0.5) is 0 Å². The predicted molar refractivity (Wildman–Crippen MR) is 70.5 cm³/mol. The summed E-state index contributed by atoms with van der Waals surface area (Å²) in [6.45, 7) is 1.64. The molecule has 1 aromatic carbocycles. The third-order valence-electron chi connectivity index (χ3n) is 1.87. The van der Waals surface area contributed by atoms with Crippen LogP contribution in [-0.2, 0) is 13.8 Å². The number of hydrogen-bond donors (Lipinski definition) is 0. The minimum Gasteiger partial charge on any atom is -0.462 e. The fourth-order valence-electron chi connectivity index (χ4n) is 1.14. The number of esters is 1. The monoisotopic (exact) mass is 350 g/mol. The van der Waals surface area contributed by atoms with Gasteiger partial charge in [-0.05, 0) is 13.0 Å². The summed E-state index contributed by atoms with van der Waals surface area (Å²) in [7, 11) is 1.02. The maximum absolute atomic E-state index is 11.6. The Kier molecular flexibility index (Phi) is 5.14. The van der Waals surface area contributed by atoms with E-state index >= 15 is 0 Å². The van der Waals surface area contributed by atoms with Gasteiger partial charge < -0.3 is 4.74 Å². The van der Waals surface area contributed by atoms with Gasteiger partial charge in [-0.1, -0.05) is 34.8 Å². The molecule has 4 nitrogen and oxygen atoms in total. The van der Waals surface area contributed by atoms with E-state index < -0.39 is 24.9 Å². The summed E-state index contributed by atoms with van der Waals surface area (Å²) in [5.74, 6) is -0.878. The smallest absolute Gasteiger partial charge is 0.341 e. The number of rotatable bonds is 3. The summed E-state index contributed by atoms with van der Waals surface area (Å²) in [6, 6.07) is 0.970. The van der Waals surface area contributed by atoms with E-state index in [9.17, 15) is 13.2 Å². The van der Waals surface area contributed by atoms with Crippen molar-refractivity contribution in [3.63, 3.8) is 0 Å². The minimum absolute atomic E-state index is 0.0704. The second-order valence-corrected chi connectivity index (χ2v) is 6.72. The molecule has 0 atom stereocenters. The third-order valence-corrected chi connectivity index (χ3v) is 4.50. The van der Waals surface area contributed by atoms with Gasteiger partial charge in [-0.15, -0.1) is 0 Å². The molecule has 0 unspecified atom stereocenters. The lowest BCUT2D eigenvalue weighted by Crippen LogP contribution is -2.08. The highest BCUT2D eigenvalue weighted by atomic mass is 35.7. The molecular weight excluding hydrogens is 346 g/mol. The molecule has 1 aromatic rings. The van der Waals surface area contributed by atoms with E-state index in [1.165, 1.54) is 0 Å². The lowest BCUT2D eigenvalue weighted by molar-refractivity contribution is 0.0526. The highest BCUT2D eigenvalue weighted by molar-refractivity contribution is 8.13. The quantitative estimate of drug-likeness (QED) is 0.472. The molecule has 0 amide bonds. The Bertz CT molecular complexity index is 597. The van der Waals surface area contributed by atoms with Crippen LogP contribution in [0.5, 0.6) is 0 Å². The van der Waals surface area contributed by atoms with E-state index in [1.807, 2.05) is 0 Å². The summed E-state index contributed by atoms with van der Waals surface area (Å²) >= 11 is 17.3. The SMILES string of the molecule is CCOC(=O)c1c(Cl)c(Cl)cc(S(=O)(=O)Cl)c1Cl. The molecule has 18 heavy (non-hydrogen) atoms. The first-order valence-electron chi connectivity index (χ1n) is 4.49. The molecule has 0 aromatic heterocycles. The highest BCUT2D eigenvalue weighted by Crippen LogP contribution is 2.38. The molecule has 0 bridgehead atoms. The summed E-state index contributed by atoms with van der Waals surface area (Å²) in [4.78, 5) is 11.1. The standard InChI is InChI=1S/C9H6Cl4O4S/c1-2-17-9(14)6-7(11)4(10)3-5(8(6)12)18(13,15)16/h3H,2H2,1H3. The van der Waals surface area contributed by atoms with Gasteiger partial charge in [0.1, 0.15) is 4.90 Å². The second-order valence-electron chi connectivity index (χ2n) is 3.02. The minimum atomic E-state index is -4.15. The normalized spacial score (nSPS) is 11.4.